The highest BCUT2D eigenvalue weighted by atomic mass is 35.5. The van der Waals surface area contributed by atoms with E-state index in [-0.39, 0.29) is 24.0 Å². The molecule has 0 bridgehead atoms. The Kier molecular flexibility index (Phi) is 5.15. The monoisotopic (exact) mass is 216 g/mol. The van der Waals surface area contributed by atoms with Gasteiger partial charge in [0, 0.05) is 6.04 Å². The highest BCUT2D eigenvalue weighted by molar-refractivity contribution is 5.87. The van der Waals surface area contributed by atoms with Gasteiger partial charge in [0.2, 0.25) is 0 Å². The quantitative estimate of drug-likeness (QED) is 0.526. The van der Waals surface area contributed by atoms with Gasteiger partial charge < -0.3 is 5.11 Å². The molecule has 0 aliphatic rings. The van der Waals surface area contributed by atoms with E-state index in [1.54, 1.807) is 24.3 Å². The number of benzene rings is 1. The van der Waals surface area contributed by atoms with Gasteiger partial charge in [0.1, 0.15) is 0 Å². The fourth-order valence-electron chi connectivity index (χ4n) is 1.01. The Morgan fingerprint density at radius 2 is 1.93 bits per heavy atom. The van der Waals surface area contributed by atoms with Gasteiger partial charge in [-0.3, -0.25) is 11.3 Å². The van der Waals surface area contributed by atoms with E-state index in [0.29, 0.717) is 0 Å². The molecule has 4 N–H and O–H groups in total. The number of hydrogen-bond donors (Lipinski definition) is 3. The van der Waals surface area contributed by atoms with Crippen molar-refractivity contribution >= 4 is 18.4 Å². The summed E-state index contributed by atoms with van der Waals surface area (Å²) in [4.78, 5) is 10.5. The number of aromatic carboxylic acids is 1. The van der Waals surface area contributed by atoms with E-state index >= 15 is 0 Å². The number of nitrogens with two attached hydrogens (primary N) is 1. The fourth-order valence-corrected chi connectivity index (χ4v) is 1.01. The Morgan fingerprint density at radius 3 is 2.29 bits per heavy atom. The number of carboxylic acids is 1. The first-order valence-electron chi connectivity index (χ1n) is 3.94. The van der Waals surface area contributed by atoms with E-state index in [1.165, 1.54) is 0 Å². The smallest absolute Gasteiger partial charge is 0.335 e. The topological polar surface area (TPSA) is 75.3 Å². The van der Waals surface area contributed by atoms with Gasteiger partial charge in [-0.15, -0.1) is 12.4 Å². The third kappa shape index (κ3) is 2.99. The zero-order valence-electron chi connectivity index (χ0n) is 7.73. The molecule has 14 heavy (non-hydrogen) atoms. The normalized spacial score (nSPS) is 11.6. The van der Waals surface area contributed by atoms with Gasteiger partial charge in [-0.05, 0) is 24.6 Å². The Balaban J connectivity index is 0.00000169. The number of hydrogen-bond acceptors (Lipinski definition) is 3. The molecule has 1 atom stereocenters. The molecule has 4 nitrogen and oxygen atoms in total. The number of rotatable bonds is 3. The van der Waals surface area contributed by atoms with Crippen LogP contribution < -0.4 is 11.3 Å². The van der Waals surface area contributed by atoms with E-state index in [0.717, 1.165) is 5.56 Å². The highest BCUT2D eigenvalue weighted by Crippen LogP contribution is 2.11. The minimum absolute atomic E-state index is 0. The van der Waals surface area contributed by atoms with Gasteiger partial charge in [-0.1, -0.05) is 12.1 Å². The number of carbonyl (C=O) groups is 1. The largest absolute Gasteiger partial charge is 0.478 e. The summed E-state index contributed by atoms with van der Waals surface area (Å²) < 4.78 is 0. The second-order valence-corrected chi connectivity index (χ2v) is 2.82. The maximum absolute atomic E-state index is 10.5. The number of nitrogens with one attached hydrogen (secondary N) is 1. The van der Waals surface area contributed by atoms with E-state index in [1.807, 2.05) is 6.92 Å². The molecule has 0 fully saturated rings. The number of hydrazine groups is 1. The van der Waals surface area contributed by atoms with Crippen molar-refractivity contribution in [2.75, 3.05) is 0 Å². The molecule has 0 spiro atoms. The summed E-state index contributed by atoms with van der Waals surface area (Å²) in [6, 6.07) is 6.64. The van der Waals surface area contributed by atoms with E-state index in [2.05, 4.69) is 5.43 Å². The van der Waals surface area contributed by atoms with Gasteiger partial charge in [0.25, 0.3) is 0 Å². The summed E-state index contributed by atoms with van der Waals surface area (Å²) in [5, 5.41) is 8.63. The molecule has 1 rings (SSSR count). The zero-order chi connectivity index (χ0) is 9.84. The molecule has 1 aromatic carbocycles. The van der Waals surface area contributed by atoms with Crippen molar-refractivity contribution in [1.82, 2.24) is 5.43 Å². The first kappa shape index (κ1) is 12.9. The minimum atomic E-state index is -0.917. The molecule has 0 aliphatic carbocycles. The summed E-state index contributed by atoms with van der Waals surface area (Å²) >= 11 is 0. The van der Waals surface area contributed by atoms with E-state index < -0.39 is 5.97 Å². The molecule has 0 heterocycles. The summed E-state index contributed by atoms with van der Waals surface area (Å²) in [6.07, 6.45) is 0. The number of halogens is 1. The molecular weight excluding hydrogens is 204 g/mol. The molecular formula is C9H13ClN2O2. The molecule has 5 heteroatoms. The Labute approximate surface area is 88.5 Å². The predicted octanol–water partition coefficient (Wildman–Crippen LogP) is 1.33. The summed E-state index contributed by atoms with van der Waals surface area (Å²) in [5.74, 6) is 4.32. The van der Waals surface area contributed by atoms with Crippen LogP contribution in [0.5, 0.6) is 0 Å². The van der Waals surface area contributed by atoms with Crippen molar-refractivity contribution in [2.24, 2.45) is 5.84 Å². The van der Waals surface area contributed by atoms with Gasteiger partial charge >= 0.3 is 5.97 Å². The van der Waals surface area contributed by atoms with E-state index in [4.69, 9.17) is 10.9 Å². The minimum Gasteiger partial charge on any atom is -0.478 e. The van der Waals surface area contributed by atoms with Crippen LogP contribution in [-0.4, -0.2) is 11.1 Å². The van der Waals surface area contributed by atoms with Gasteiger partial charge in [0.15, 0.2) is 0 Å². The molecule has 0 aliphatic heterocycles. The van der Waals surface area contributed by atoms with E-state index in [9.17, 15) is 4.79 Å². The van der Waals surface area contributed by atoms with Crippen LogP contribution in [0, 0.1) is 0 Å². The SMILES string of the molecule is CC(NN)c1ccc(C(=O)O)cc1.Cl. The van der Waals surface area contributed by atoms with Crippen LogP contribution in [0.25, 0.3) is 0 Å². The molecule has 0 amide bonds. The first-order chi connectivity index (χ1) is 6.15. The van der Waals surface area contributed by atoms with Crippen LogP contribution in [0.1, 0.15) is 28.9 Å². The molecule has 0 saturated carbocycles. The van der Waals surface area contributed by atoms with Crippen molar-refractivity contribution in [1.29, 1.82) is 0 Å². The van der Waals surface area contributed by atoms with Crippen molar-refractivity contribution in [3.8, 4) is 0 Å². The molecule has 1 aromatic rings. The Hall–Kier alpha value is -1.10. The zero-order valence-corrected chi connectivity index (χ0v) is 8.54. The van der Waals surface area contributed by atoms with Gasteiger partial charge in [-0.2, -0.15) is 0 Å². The maximum atomic E-state index is 10.5. The predicted molar refractivity (Wildman–Crippen MR) is 56.4 cm³/mol. The Morgan fingerprint density at radius 1 is 1.43 bits per heavy atom. The van der Waals surface area contributed by atoms with Crippen LogP contribution in [0.15, 0.2) is 24.3 Å². The van der Waals surface area contributed by atoms with Crippen LogP contribution in [0.2, 0.25) is 0 Å². The summed E-state index contributed by atoms with van der Waals surface area (Å²) in [6.45, 7) is 1.90. The summed E-state index contributed by atoms with van der Waals surface area (Å²) in [5.41, 5.74) is 3.83. The first-order valence-corrected chi connectivity index (χ1v) is 3.94. The maximum Gasteiger partial charge on any atom is 0.335 e. The standard InChI is InChI=1S/C9H12N2O2.ClH/c1-6(11-10)7-2-4-8(5-3-7)9(12)13;/h2-6,11H,10H2,1H3,(H,12,13);1H. The second kappa shape index (κ2) is 5.59. The van der Waals surface area contributed by atoms with Crippen molar-refractivity contribution in [3.05, 3.63) is 35.4 Å². The van der Waals surface area contributed by atoms with Gasteiger partial charge in [0.05, 0.1) is 5.56 Å². The average Bonchev–Trinajstić information content (AvgIpc) is 2.17. The van der Waals surface area contributed by atoms with Crippen LogP contribution >= 0.6 is 12.4 Å². The second-order valence-electron chi connectivity index (χ2n) is 2.82. The lowest BCUT2D eigenvalue weighted by Crippen LogP contribution is -2.25. The third-order valence-electron chi connectivity index (χ3n) is 1.91. The lowest BCUT2D eigenvalue weighted by Gasteiger charge is -2.09. The van der Waals surface area contributed by atoms with Crippen LogP contribution in [0.4, 0.5) is 0 Å². The molecule has 0 saturated heterocycles. The van der Waals surface area contributed by atoms with Crippen LogP contribution in [0.3, 0.4) is 0 Å². The van der Waals surface area contributed by atoms with Crippen LogP contribution in [-0.2, 0) is 0 Å². The van der Waals surface area contributed by atoms with Crippen molar-refractivity contribution < 1.29 is 9.90 Å². The molecule has 1 unspecified atom stereocenters. The molecule has 0 aromatic heterocycles. The third-order valence-corrected chi connectivity index (χ3v) is 1.91. The summed E-state index contributed by atoms with van der Waals surface area (Å²) in [7, 11) is 0. The fraction of sp³-hybridized carbons (Fsp3) is 0.222. The number of carboxylic acid groups (broad SMARTS) is 1. The highest BCUT2D eigenvalue weighted by Gasteiger charge is 2.04. The molecule has 78 valence electrons. The lowest BCUT2D eigenvalue weighted by molar-refractivity contribution is 0.0697. The van der Waals surface area contributed by atoms with Crippen molar-refractivity contribution in [2.45, 2.75) is 13.0 Å². The van der Waals surface area contributed by atoms with Gasteiger partial charge in [-0.25, -0.2) is 4.79 Å². The average molecular weight is 217 g/mol. The lowest BCUT2D eigenvalue weighted by atomic mass is 10.1. The van der Waals surface area contributed by atoms with Crippen molar-refractivity contribution in [3.63, 3.8) is 0 Å². The Bertz CT molecular complexity index is 300. The molecule has 0 radical (unpaired) electrons.